The summed E-state index contributed by atoms with van der Waals surface area (Å²) in [7, 11) is 0. The monoisotopic (exact) mass is 748 g/mol. The number of carbonyl (C=O) groups excluding carboxylic acids is 6. The highest BCUT2D eigenvalue weighted by Gasteiger charge is 2.45. The second-order valence-electron chi connectivity index (χ2n) is 14.4. The SMILES string of the molecule is CC(C)CC(C(=O)N1CCOCCOCCN(C(=O)C(CC(C)C)N2C(=O)c3ccccc3C2=O)CCOCCOCC1)N1C(=O)c2ccccc2C1=O. The molecule has 1 fully saturated rings. The minimum absolute atomic E-state index is 0.0279. The fourth-order valence-corrected chi connectivity index (χ4v) is 6.94. The number of amides is 6. The minimum atomic E-state index is -0.982. The maximum absolute atomic E-state index is 14.1. The number of ether oxygens (including phenoxy) is 4. The average Bonchev–Trinajstić information content (AvgIpc) is 3.55. The lowest BCUT2D eigenvalue weighted by molar-refractivity contribution is -0.139. The standard InChI is InChI=1S/C40H52N4O10/c1-27(2)25-33(43-35(45)29-9-5-6-10-30(29)36(43)46)39(49)41-13-17-51-21-23-53-19-15-42(16-20-54-24-22-52-18-14-41)40(50)34(26-28(3)4)44-37(47)31-11-7-8-12-32(31)38(44)48/h5-12,27-28,33-34H,13-26H2,1-4H3. The van der Waals surface area contributed by atoms with Gasteiger partial charge in [-0.2, -0.15) is 0 Å². The molecule has 3 heterocycles. The highest BCUT2D eigenvalue weighted by molar-refractivity contribution is 6.23. The molecule has 0 radical (unpaired) electrons. The van der Waals surface area contributed by atoms with Crippen LogP contribution in [0.3, 0.4) is 0 Å². The predicted octanol–water partition coefficient (Wildman–Crippen LogP) is 3.15. The van der Waals surface area contributed by atoms with E-state index in [9.17, 15) is 28.8 Å². The summed E-state index contributed by atoms with van der Waals surface area (Å²) in [6.45, 7) is 10.2. The topological polar surface area (TPSA) is 152 Å². The molecule has 3 aliphatic rings. The molecule has 0 bridgehead atoms. The summed E-state index contributed by atoms with van der Waals surface area (Å²) in [5.41, 5.74) is 1.17. The van der Waals surface area contributed by atoms with Crippen LogP contribution in [0, 0.1) is 11.8 Å². The quantitative estimate of drug-likeness (QED) is 0.369. The van der Waals surface area contributed by atoms with E-state index in [1.165, 1.54) is 0 Å². The first-order valence-electron chi connectivity index (χ1n) is 18.8. The summed E-state index contributed by atoms with van der Waals surface area (Å²) in [4.78, 5) is 87.1. The second-order valence-corrected chi connectivity index (χ2v) is 14.4. The average molecular weight is 749 g/mol. The van der Waals surface area contributed by atoms with Crippen LogP contribution in [-0.2, 0) is 28.5 Å². The van der Waals surface area contributed by atoms with Gasteiger partial charge in [-0.3, -0.25) is 38.6 Å². The Morgan fingerprint density at radius 3 is 0.981 bits per heavy atom. The van der Waals surface area contributed by atoms with E-state index in [0.29, 0.717) is 35.1 Å². The van der Waals surface area contributed by atoms with Gasteiger partial charge in [0.05, 0.1) is 75.1 Å². The van der Waals surface area contributed by atoms with Gasteiger partial charge in [-0.25, -0.2) is 0 Å². The molecule has 292 valence electrons. The number of rotatable bonds is 8. The van der Waals surface area contributed by atoms with Crippen molar-refractivity contribution < 1.29 is 47.7 Å². The van der Waals surface area contributed by atoms with E-state index < -0.39 is 35.7 Å². The molecule has 2 aromatic carbocycles. The fourth-order valence-electron chi connectivity index (χ4n) is 6.94. The lowest BCUT2D eigenvalue weighted by Gasteiger charge is -2.33. The summed E-state index contributed by atoms with van der Waals surface area (Å²) >= 11 is 0. The Bertz CT molecular complexity index is 1470. The molecule has 1 saturated heterocycles. The van der Waals surface area contributed by atoms with Gasteiger partial charge in [0.25, 0.3) is 23.6 Å². The molecule has 2 aromatic rings. The Morgan fingerprint density at radius 1 is 0.481 bits per heavy atom. The van der Waals surface area contributed by atoms with E-state index >= 15 is 0 Å². The molecule has 0 saturated carbocycles. The van der Waals surface area contributed by atoms with Crippen molar-refractivity contribution in [1.29, 1.82) is 0 Å². The van der Waals surface area contributed by atoms with E-state index in [4.69, 9.17) is 18.9 Å². The summed E-state index contributed by atoms with van der Waals surface area (Å²) in [6, 6.07) is 11.2. The van der Waals surface area contributed by atoms with Crippen molar-refractivity contribution in [1.82, 2.24) is 19.6 Å². The number of nitrogens with zero attached hydrogens (tertiary/aromatic N) is 4. The normalized spacial score (nSPS) is 19.5. The summed E-state index contributed by atoms with van der Waals surface area (Å²) in [5, 5.41) is 0. The first kappa shape index (κ1) is 40.7. The van der Waals surface area contributed by atoms with Crippen molar-refractivity contribution in [2.45, 2.75) is 52.6 Å². The van der Waals surface area contributed by atoms with Crippen molar-refractivity contribution in [3.63, 3.8) is 0 Å². The van der Waals surface area contributed by atoms with Gasteiger partial charge in [-0.05, 0) is 48.9 Å². The molecule has 0 N–H and O–H groups in total. The number of benzene rings is 2. The van der Waals surface area contributed by atoms with Gasteiger partial charge in [0.15, 0.2) is 0 Å². The van der Waals surface area contributed by atoms with Gasteiger partial charge in [0, 0.05) is 26.2 Å². The molecule has 2 atom stereocenters. The van der Waals surface area contributed by atoms with E-state index in [1.807, 2.05) is 27.7 Å². The second kappa shape index (κ2) is 19.2. The van der Waals surface area contributed by atoms with Crippen molar-refractivity contribution in [3.05, 3.63) is 70.8 Å². The van der Waals surface area contributed by atoms with Crippen LogP contribution in [-0.4, -0.2) is 146 Å². The van der Waals surface area contributed by atoms with Gasteiger partial charge in [-0.1, -0.05) is 52.0 Å². The number of imide groups is 2. The molecule has 2 unspecified atom stereocenters. The molecular weight excluding hydrogens is 696 g/mol. The third kappa shape index (κ3) is 9.59. The van der Waals surface area contributed by atoms with Crippen molar-refractivity contribution in [3.8, 4) is 0 Å². The maximum Gasteiger partial charge on any atom is 0.262 e. The number of carbonyl (C=O) groups is 6. The summed E-state index contributed by atoms with van der Waals surface area (Å²) in [5.74, 6) is -2.55. The zero-order valence-corrected chi connectivity index (χ0v) is 31.7. The molecule has 0 aromatic heterocycles. The molecular formula is C40H52N4O10. The molecule has 5 rings (SSSR count). The first-order chi connectivity index (χ1) is 26.0. The number of fused-ring (bicyclic) bond motifs is 2. The van der Waals surface area contributed by atoms with Gasteiger partial charge in [0.2, 0.25) is 11.8 Å². The van der Waals surface area contributed by atoms with Crippen LogP contribution in [0.4, 0.5) is 0 Å². The van der Waals surface area contributed by atoms with Crippen LogP contribution in [0.2, 0.25) is 0 Å². The predicted molar refractivity (Wildman–Crippen MR) is 197 cm³/mol. The van der Waals surface area contributed by atoms with Crippen LogP contribution in [0.25, 0.3) is 0 Å². The van der Waals surface area contributed by atoms with Crippen LogP contribution in [0.1, 0.15) is 82.0 Å². The van der Waals surface area contributed by atoms with Crippen LogP contribution >= 0.6 is 0 Å². The van der Waals surface area contributed by atoms with Gasteiger partial charge < -0.3 is 28.7 Å². The molecule has 3 aliphatic heterocycles. The van der Waals surface area contributed by atoms with Gasteiger partial charge in [-0.15, -0.1) is 0 Å². The summed E-state index contributed by atoms with van der Waals surface area (Å²) in [6.07, 6.45) is 0.612. The molecule has 0 aliphatic carbocycles. The molecule has 14 heteroatoms. The lowest BCUT2D eigenvalue weighted by Crippen LogP contribution is -2.53. The molecule has 6 amide bonds. The Labute approximate surface area is 316 Å². The van der Waals surface area contributed by atoms with Crippen LogP contribution in [0.15, 0.2) is 48.5 Å². The van der Waals surface area contributed by atoms with Gasteiger partial charge in [0.1, 0.15) is 12.1 Å². The number of hydrogen-bond acceptors (Lipinski definition) is 10. The van der Waals surface area contributed by atoms with E-state index in [2.05, 4.69) is 0 Å². The lowest BCUT2D eigenvalue weighted by atomic mass is 10.0. The Morgan fingerprint density at radius 2 is 0.741 bits per heavy atom. The van der Waals surface area contributed by atoms with Gasteiger partial charge >= 0.3 is 0 Å². The zero-order chi connectivity index (χ0) is 38.8. The Kier molecular flexibility index (Phi) is 14.5. The van der Waals surface area contributed by atoms with E-state index in [0.717, 1.165) is 9.80 Å². The first-order valence-corrected chi connectivity index (χ1v) is 18.8. The van der Waals surface area contributed by atoms with E-state index in [-0.39, 0.29) is 103 Å². The third-order valence-corrected chi connectivity index (χ3v) is 9.62. The van der Waals surface area contributed by atoms with Crippen molar-refractivity contribution >= 4 is 35.4 Å². The summed E-state index contributed by atoms with van der Waals surface area (Å²) < 4.78 is 23.3. The zero-order valence-electron chi connectivity index (χ0n) is 31.7. The third-order valence-electron chi connectivity index (χ3n) is 9.62. The molecule has 54 heavy (non-hydrogen) atoms. The highest BCUT2D eigenvalue weighted by Crippen LogP contribution is 2.29. The van der Waals surface area contributed by atoms with Crippen molar-refractivity contribution in [2.75, 3.05) is 79.0 Å². The Balaban J connectivity index is 1.20. The van der Waals surface area contributed by atoms with E-state index in [1.54, 1.807) is 58.3 Å². The molecule has 0 spiro atoms. The van der Waals surface area contributed by atoms with Crippen molar-refractivity contribution in [2.24, 2.45) is 11.8 Å². The minimum Gasteiger partial charge on any atom is -0.377 e. The number of hydrogen-bond donors (Lipinski definition) is 0. The van der Waals surface area contributed by atoms with Crippen LogP contribution in [0.5, 0.6) is 0 Å². The smallest absolute Gasteiger partial charge is 0.262 e. The fraction of sp³-hybridized carbons (Fsp3) is 0.550. The van der Waals surface area contributed by atoms with Crippen LogP contribution < -0.4 is 0 Å². The maximum atomic E-state index is 14.1. The highest BCUT2D eigenvalue weighted by atomic mass is 16.5. The molecule has 14 nitrogen and oxygen atoms in total. The largest absolute Gasteiger partial charge is 0.377 e. The Hall–Kier alpha value is -4.50.